The Labute approximate surface area is 159 Å². The number of carbonyl (C=O) groups excluding carboxylic acids is 1. The Balaban J connectivity index is 1.30. The molecule has 1 aromatic carbocycles. The number of nitrogens with zero attached hydrogens (tertiary/aromatic N) is 1. The van der Waals surface area contributed by atoms with Gasteiger partial charge in [0.1, 0.15) is 5.01 Å². The van der Waals surface area contributed by atoms with Crippen LogP contribution in [0.3, 0.4) is 0 Å². The van der Waals surface area contributed by atoms with E-state index in [4.69, 9.17) is 4.98 Å². The lowest BCUT2D eigenvalue weighted by Crippen LogP contribution is -2.48. The van der Waals surface area contributed by atoms with E-state index in [0.717, 1.165) is 34.0 Å². The summed E-state index contributed by atoms with van der Waals surface area (Å²) >= 11 is 1.67. The standard InChI is InChI=1S/C22H26N2OS/c1-14-4-2-3-5-18(14)23-20(25)9-21-24-19(13-26-21)22-10-15-6-16(11-22)8-17(7-15)12-22/h2-5,13,15-17H,6-12H2,1H3,(H,23,25). The Morgan fingerprint density at radius 3 is 2.46 bits per heavy atom. The van der Waals surface area contributed by atoms with Crippen LogP contribution in [-0.2, 0) is 16.6 Å². The first-order valence-corrected chi connectivity index (χ1v) is 10.8. The average Bonchev–Trinajstić information content (AvgIpc) is 3.05. The van der Waals surface area contributed by atoms with Gasteiger partial charge in [0.25, 0.3) is 0 Å². The van der Waals surface area contributed by atoms with E-state index in [1.165, 1.54) is 44.2 Å². The number of nitrogens with one attached hydrogen (secondary N) is 1. The van der Waals surface area contributed by atoms with Crippen molar-refractivity contribution >= 4 is 22.9 Å². The predicted molar refractivity (Wildman–Crippen MR) is 105 cm³/mol. The molecule has 0 radical (unpaired) electrons. The van der Waals surface area contributed by atoms with Crippen LogP contribution in [-0.4, -0.2) is 10.9 Å². The molecule has 4 aliphatic rings. The molecule has 1 heterocycles. The maximum Gasteiger partial charge on any atom is 0.231 e. The maximum absolute atomic E-state index is 12.4. The number of para-hydroxylation sites is 1. The van der Waals surface area contributed by atoms with Crippen molar-refractivity contribution in [1.82, 2.24) is 4.98 Å². The Hall–Kier alpha value is -1.68. The summed E-state index contributed by atoms with van der Waals surface area (Å²) in [4.78, 5) is 17.4. The highest BCUT2D eigenvalue weighted by Gasteiger charge is 2.52. The van der Waals surface area contributed by atoms with Gasteiger partial charge >= 0.3 is 0 Å². The van der Waals surface area contributed by atoms with Gasteiger partial charge in [-0.3, -0.25) is 4.79 Å². The second kappa shape index (κ2) is 6.19. The van der Waals surface area contributed by atoms with Gasteiger partial charge in [0.15, 0.2) is 0 Å². The SMILES string of the molecule is Cc1ccccc1NC(=O)Cc1nc(C23CC4CC(CC(C4)C2)C3)cs1. The number of aryl methyl sites for hydroxylation is 1. The first-order valence-electron chi connectivity index (χ1n) is 9.90. The summed E-state index contributed by atoms with van der Waals surface area (Å²) in [6, 6.07) is 7.92. The maximum atomic E-state index is 12.4. The van der Waals surface area contributed by atoms with E-state index in [1.807, 2.05) is 31.2 Å². The van der Waals surface area contributed by atoms with Crippen LogP contribution < -0.4 is 5.32 Å². The van der Waals surface area contributed by atoms with Gasteiger partial charge in [-0.2, -0.15) is 0 Å². The normalized spacial score (nSPS) is 32.0. The second-order valence-corrected chi connectivity index (χ2v) is 9.81. The molecule has 1 amide bonds. The predicted octanol–water partition coefficient (Wildman–Crippen LogP) is 5.10. The summed E-state index contributed by atoms with van der Waals surface area (Å²) < 4.78 is 0. The van der Waals surface area contributed by atoms with E-state index in [-0.39, 0.29) is 5.91 Å². The molecule has 136 valence electrons. The number of benzene rings is 1. The zero-order valence-electron chi connectivity index (χ0n) is 15.3. The smallest absolute Gasteiger partial charge is 0.231 e. The summed E-state index contributed by atoms with van der Waals surface area (Å²) in [6.07, 6.45) is 8.73. The topological polar surface area (TPSA) is 42.0 Å². The zero-order chi connectivity index (χ0) is 17.7. The van der Waals surface area contributed by atoms with E-state index < -0.39 is 0 Å². The van der Waals surface area contributed by atoms with Crippen LogP contribution in [0.15, 0.2) is 29.6 Å². The number of hydrogen-bond acceptors (Lipinski definition) is 3. The number of rotatable bonds is 4. The fraction of sp³-hybridized carbons (Fsp3) is 0.545. The van der Waals surface area contributed by atoms with Crippen LogP contribution in [0.5, 0.6) is 0 Å². The number of thiazole rings is 1. The first kappa shape index (κ1) is 16.5. The van der Waals surface area contributed by atoms with E-state index in [2.05, 4.69) is 10.7 Å². The minimum absolute atomic E-state index is 0.0331. The third kappa shape index (κ3) is 2.88. The number of hydrogen-bond donors (Lipinski definition) is 1. The van der Waals surface area contributed by atoms with Crippen molar-refractivity contribution in [1.29, 1.82) is 0 Å². The van der Waals surface area contributed by atoms with Crippen LogP contribution in [0.1, 0.15) is 54.8 Å². The molecule has 3 nitrogen and oxygen atoms in total. The fourth-order valence-electron chi connectivity index (χ4n) is 6.10. The molecular formula is C22H26N2OS. The molecule has 1 aromatic heterocycles. The van der Waals surface area contributed by atoms with E-state index in [9.17, 15) is 4.79 Å². The number of amides is 1. The molecule has 4 aliphatic carbocycles. The molecule has 0 saturated heterocycles. The average molecular weight is 367 g/mol. The van der Waals surface area contributed by atoms with Crippen LogP contribution in [0, 0.1) is 24.7 Å². The van der Waals surface area contributed by atoms with Gasteiger partial charge in [-0.15, -0.1) is 11.3 Å². The van der Waals surface area contributed by atoms with Gasteiger partial charge in [0.2, 0.25) is 5.91 Å². The van der Waals surface area contributed by atoms with Crippen molar-refractivity contribution < 1.29 is 4.79 Å². The molecule has 0 aliphatic heterocycles. The van der Waals surface area contributed by atoms with Crippen molar-refractivity contribution in [3.8, 4) is 0 Å². The van der Waals surface area contributed by atoms with Gasteiger partial charge in [-0.05, 0) is 74.8 Å². The Bertz CT molecular complexity index is 805. The van der Waals surface area contributed by atoms with Crippen LogP contribution >= 0.6 is 11.3 Å². The van der Waals surface area contributed by atoms with Crippen molar-refractivity contribution in [3.05, 3.63) is 45.9 Å². The lowest BCUT2D eigenvalue weighted by molar-refractivity contribution is -0.115. The van der Waals surface area contributed by atoms with Crippen molar-refractivity contribution in [2.45, 2.75) is 57.3 Å². The van der Waals surface area contributed by atoms with Crippen LogP contribution in [0.25, 0.3) is 0 Å². The Morgan fingerprint density at radius 1 is 1.15 bits per heavy atom. The Kier molecular flexibility index (Phi) is 3.93. The molecule has 1 N–H and O–H groups in total. The van der Waals surface area contributed by atoms with Crippen molar-refractivity contribution in [2.75, 3.05) is 5.32 Å². The third-order valence-electron chi connectivity index (χ3n) is 6.86. The minimum Gasteiger partial charge on any atom is -0.325 e. The molecule has 4 bridgehead atoms. The second-order valence-electron chi connectivity index (χ2n) is 8.86. The van der Waals surface area contributed by atoms with E-state index in [1.54, 1.807) is 11.3 Å². The monoisotopic (exact) mass is 366 g/mol. The summed E-state index contributed by atoms with van der Waals surface area (Å²) in [5, 5.41) is 6.24. The summed E-state index contributed by atoms with van der Waals surface area (Å²) in [5.41, 5.74) is 3.61. The fourth-order valence-corrected chi connectivity index (χ4v) is 7.02. The summed E-state index contributed by atoms with van der Waals surface area (Å²) in [7, 11) is 0. The van der Waals surface area contributed by atoms with E-state index in [0.29, 0.717) is 11.8 Å². The minimum atomic E-state index is 0.0331. The molecule has 26 heavy (non-hydrogen) atoms. The first-order chi connectivity index (χ1) is 12.6. The highest BCUT2D eigenvalue weighted by molar-refractivity contribution is 7.09. The molecule has 0 spiro atoms. The molecule has 0 unspecified atom stereocenters. The highest BCUT2D eigenvalue weighted by atomic mass is 32.1. The van der Waals surface area contributed by atoms with Gasteiger partial charge in [-0.1, -0.05) is 18.2 Å². The molecule has 4 saturated carbocycles. The van der Waals surface area contributed by atoms with Gasteiger partial charge in [0, 0.05) is 16.5 Å². The van der Waals surface area contributed by atoms with Gasteiger partial charge in [0.05, 0.1) is 12.1 Å². The molecule has 6 rings (SSSR count). The van der Waals surface area contributed by atoms with Crippen LogP contribution in [0.2, 0.25) is 0 Å². The number of aromatic nitrogens is 1. The van der Waals surface area contributed by atoms with Gasteiger partial charge < -0.3 is 5.32 Å². The molecule has 4 heteroatoms. The quantitative estimate of drug-likeness (QED) is 0.818. The number of carbonyl (C=O) groups is 1. The number of anilines is 1. The molecular weight excluding hydrogens is 340 g/mol. The molecule has 2 aromatic rings. The molecule has 0 atom stereocenters. The zero-order valence-corrected chi connectivity index (χ0v) is 16.1. The van der Waals surface area contributed by atoms with Crippen molar-refractivity contribution in [2.24, 2.45) is 17.8 Å². The largest absolute Gasteiger partial charge is 0.325 e. The lowest BCUT2D eigenvalue weighted by atomic mass is 9.49. The van der Waals surface area contributed by atoms with Crippen LogP contribution in [0.4, 0.5) is 5.69 Å². The lowest BCUT2D eigenvalue weighted by Gasteiger charge is -2.56. The van der Waals surface area contributed by atoms with E-state index >= 15 is 0 Å². The molecule has 4 fully saturated rings. The third-order valence-corrected chi connectivity index (χ3v) is 7.71. The van der Waals surface area contributed by atoms with Crippen molar-refractivity contribution in [3.63, 3.8) is 0 Å². The Morgan fingerprint density at radius 2 is 1.81 bits per heavy atom. The summed E-state index contributed by atoms with van der Waals surface area (Å²) in [5.74, 6) is 2.81. The highest BCUT2D eigenvalue weighted by Crippen LogP contribution is 2.60. The summed E-state index contributed by atoms with van der Waals surface area (Å²) in [6.45, 7) is 2.02. The van der Waals surface area contributed by atoms with Gasteiger partial charge in [-0.25, -0.2) is 4.98 Å².